The van der Waals surface area contributed by atoms with Gasteiger partial charge in [-0.2, -0.15) is 4.31 Å². The highest BCUT2D eigenvalue weighted by atomic mass is 32.2. The zero-order chi connectivity index (χ0) is 20.4. The fraction of sp³-hybridized carbons (Fsp3) is 0.529. The van der Waals surface area contributed by atoms with E-state index in [4.69, 9.17) is 9.94 Å². The molecule has 27 heavy (non-hydrogen) atoms. The van der Waals surface area contributed by atoms with Crippen LogP contribution in [0.2, 0.25) is 0 Å². The van der Waals surface area contributed by atoms with Crippen LogP contribution in [0.3, 0.4) is 0 Å². The van der Waals surface area contributed by atoms with E-state index in [1.54, 1.807) is 20.8 Å². The van der Waals surface area contributed by atoms with Gasteiger partial charge in [-0.15, -0.1) is 0 Å². The Balaban J connectivity index is 2.30. The van der Waals surface area contributed by atoms with Crippen molar-refractivity contribution in [3.05, 3.63) is 24.3 Å². The molecule has 1 aliphatic rings. The molecule has 1 aromatic rings. The smallest absolute Gasteiger partial charge is 0.261 e. The van der Waals surface area contributed by atoms with Gasteiger partial charge in [-0.25, -0.2) is 13.9 Å². The molecule has 1 heterocycles. The molecule has 0 bridgehead atoms. The van der Waals surface area contributed by atoms with E-state index in [1.807, 2.05) is 0 Å². The summed E-state index contributed by atoms with van der Waals surface area (Å²) >= 11 is 0. The number of hydrogen-bond donors (Lipinski definition) is 3. The lowest BCUT2D eigenvalue weighted by Crippen LogP contribution is -2.45. The standard InChI is InChI=1S/C17H25N3O6S/c1-17(2,3)16(22)18-11-9-14(15(21)19-23)20(10-11)27(24,25)13-7-5-12(26-4)6-8-13/h5-8,11,14,23H,9-10H2,1-4H3,(H,18,22)(H,19,21)/t11-,14-/m1/s1. The lowest BCUT2D eigenvalue weighted by atomic mass is 9.95. The first-order valence-corrected chi connectivity index (χ1v) is 9.85. The van der Waals surface area contributed by atoms with E-state index in [0.29, 0.717) is 5.75 Å². The summed E-state index contributed by atoms with van der Waals surface area (Å²) in [6.45, 7) is 5.14. The number of carbonyl (C=O) groups is 2. The molecular formula is C17H25N3O6S. The minimum Gasteiger partial charge on any atom is -0.497 e. The number of hydrogen-bond acceptors (Lipinski definition) is 6. The number of hydroxylamine groups is 1. The molecule has 10 heteroatoms. The first kappa shape index (κ1) is 21.1. The molecule has 3 N–H and O–H groups in total. The summed E-state index contributed by atoms with van der Waals surface area (Å²) in [5.74, 6) is -0.603. The second-order valence-electron chi connectivity index (χ2n) is 7.40. The third-order valence-corrected chi connectivity index (χ3v) is 6.24. The Morgan fingerprint density at radius 1 is 1.22 bits per heavy atom. The maximum absolute atomic E-state index is 13.0. The molecule has 1 aliphatic heterocycles. The minimum absolute atomic E-state index is 0.0122. The average molecular weight is 399 g/mol. The van der Waals surface area contributed by atoms with Crippen LogP contribution in [-0.2, 0) is 19.6 Å². The number of methoxy groups -OCH3 is 1. The fourth-order valence-corrected chi connectivity index (χ4v) is 4.42. The molecule has 0 aromatic heterocycles. The predicted molar refractivity (Wildman–Crippen MR) is 96.6 cm³/mol. The molecule has 0 unspecified atom stereocenters. The van der Waals surface area contributed by atoms with Gasteiger partial charge in [0.1, 0.15) is 11.8 Å². The number of nitrogens with one attached hydrogen (secondary N) is 2. The number of ether oxygens (including phenoxy) is 1. The second kappa shape index (κ2) is 7.83. The lowest BCUT2D eigenvalue weighted by molar-refractivity contribution is -0.132. The Kier molecular flexibility index (Phi) is 6.13. The van der Waals surface area contributed by atoms with E-state index in [0.717, 1.165) is 4.31 Å². The van der Waals surface area contributed by atoms with E-state index in [9.17, 15) is 18.0 Å². The molecule has 9 nitrogen and oxygen atoms in total. The van der Waals surface area contributed by atoms with Crippen LogP contribution in [0.1, 0.15) is 27.2 Å². The first-order valence-electron chi connectivity index (χ1n) is 8.41. The van der Waals surface area contributed by atoms with Gasteiger partial charge in [0, 0.05) is 18.0 Å². The minimum atomic E-state index is -4.02. The summed E-state index contributed by atoms with van der Waals surface area (Å²) < 4.78 is 32.0. The quantitative estimate of drug-likeness (QED) is 0.489. The summed E-state index contributed by atoms with van der Waals surface area (Å²) in [6.07, 6.45) is 0.0591. The predicted octanol–water partition coefficient (Wildman–Crippen LogP) is 0.495. The van der Waals surface area contributed by atoms with Gasteiger partial charge in [0.15, 0.2) is 0 Å². The number of carbonyl (C=O) groups excluding carboxylic acids is 2. The van der Waals surface area contributed by atoms with Crippen molar-refractivity contribution in [3.8, 4) is 5.75 Å². The van der Waals surface area contributed by atoms with Gasteiger partial charge in [0.25, 0.3) is 5.91 Å². The molecule has 2 atom stereocenters. The summed E-state index contributed by atoms with van der Waals surface area (Å²) in [4.78, 5) is 24.2. The highest BCUT2D eigenvalue weighted by Crippen LogP contribution is 2.28. The van der Waals surface area contributed by atoms with Crippen LogP contribution in [0, 0.1) is 5.41 Å². The maximum atomic E-state index is 13.0. The highest BCUT2D eigenvalue weighted by Gasteiger charge is 2.45. The third kappa shape index (κ3) is 4.57. The largest absolute Gasteiger partial charge is 0.497 e. The highest BCUT2D eigenvalue weighted by molar-refractivity contribution is 7.89. The monoisotopic (exact) mass is 399 g/mol. The second-order valence-corrected chi connectivity index (χ2v) is 9.29. The SMILES string of the molecule is COc1ccc(S(=O)(=O)N2C[C@H](NC(=O)C(C)(C)C)C[C@@H]2C(=O)NO)cc1. The maximum Gasteiger partial charge on any atom is 0.261 e. The molecule has 1 aromatic carbocycles. The number of amides is 2. The molecule has 2 rings (SSSR count). The third-order valence-electron chi connectivity index (χ3n) is 4.35. The van der Waals surface area contributed by atoms with E-state index in [-0.39, 0.29) is 23.8 Å². The van der Waals surface area contributed by atoms with Crippen LogP contribution in [0.25, 0.3) is 0 Å². The molecule has 150 valence electrons. The Hall–Kier alpha value is -2.17. The van der Waals surface area contributed by atoms with Crippen molar-refractivity contribution in [1.29, 1.82) is 0 Å². The molecule has 0 saturated carbocycles. The van der Waals surface area contributed by atoms with Crippen molar-refractivity contribution in [2.24, 2.45) is 5.41 Å². The summed E-state index contributed by atoms with van der Waals surface area (Å²) in [5.41, 5.74) is 0.849. The Morgan fingerprint density at radius 3 is 2.30 bits per heavy atom. The van der Waals surface area contributed by atoms with Gasteiger partial charge in [0.2, 0.25) is 15.9 Å². The van der Waals surface area contributed by atoms with Crippen molar-refractivity contribution < 1.29 is 28.0 Å². The lowest BCUT2D eigenvalue weighted by Gasteiger charge is -2.23. The van der Waals surface area contributed by atoms with E-state index >= 15 is 0 Å². The van der Waals surface area contributed by atoms with Crippen LogP contribution in [0.15, 0.2) is 29.2 Å². The van der Waals surface area contributed by atoms with Crippen molar-refractivity contribution in [2.75, 3.05) is 13.7 Å². The van der Waals surface area contributed by atoms with Crippen molar-refractivity contribution in [2.45, 2.75) is 44.2 Å². The van der Waals surface area contributed by atoms with Crippen LogP contribution < -0.4 is 15.5 Å². The van der Waals surface area contributed by atoms with Gasteiger partial charge >= 0.3 is 0 Å². The zero-order valence-corrected chi connectivity index (χ0v) is 16.5. The summed E-state index contributed by atoms with van der Waals surface area (Å²) in [7, 11) is -2.55. The Bertz CT molecular complexity index is 801. The normalized spacial score (nSPS) is 20.9. The number of nitrogens with zero attached hydrogens (tertiary/aromatic N) is 1. The van der Waals surface area contributed by atoms with Crippen LogP contribution in [0.5, 0.6) is 5.75 Å². The van der Waals surface area contributed by atoms with Crippen LogP contribution in [0.4, 0.5) is 0 Å². The molecule has 0 radical (unpaired) electrons. The van der Waals surface area contributed by atoms with Crippen LogP contribution >= 0.6 is 0 Å². The fourth-order valence-electron chi connectivity index (χ4n) is 2.77. The number of sulfonamides is 1. The van der Waals surface area contributed by atoms with Crippen LogP contribution in [-0.4, -0.2) is 55.5 Å². The van der Waals surface area contributed by atoms with Gasteiger partial charge < -0.3 is 10.1 Å². The molecule has 0 spiro atoms. The van der Waals surface area contributed by atoms with Gasteiger partial charge in [0.05, 0.1) is 12.0 Å². The molecular weight excluding hydrogens is 374 g/mol. The van der Waals surface area contributed by atoms with Gasteiger partial charge in [-0.05, 0) is 30.7 Å². The molecule has 0 aliphatic carbocycles. The van der Waals surface area contributed by atoms with E-state index in [1.165, 1.54) is 36.9 Å². The Morgan fingerprint density at radius 2 is 1.81 bits per heavy atom. The van der Waals surface area contributed by atoms with Gasteiger partial charge in [-0.1, -0.05) is 20.8 Å². The Labute approximate surface area is 158 Å². The summed E-state index contributed by atoms with van der Waals surface area (Å²) in [5, 5.41) is 11.8. The van der Waals surface area contributed by atoms with E-state index < -0.39 is 33.4 Å². The van der Waals surface area contributed by atoms with Gasteiger partial charge in [-0.3, -0.25) is 14.8 Å². The molecule has 1 fully saturated rings. The zero-order valence-electron chi connectivity index (χ0n) is 15.7. The number of benzene rings is 1. The molecule has 2 amide bonds. The summed E-state index contributed by atoms with van der Waals surface area (Å²) in [6, 6.07) is 4.08. The van der Waals surface area contributed by atoms with Crippen molar-refractivity contribution >= 4 is 21.8 Å². The van der Waals surface area contributed by atoms with Crippen molar-refractivity contribution in [1.82, 2.24) is 15.1 Å². The average Bonchev–Trinajstić information content (AvgIpc) is 3.05. The number of rotatable bonds is 5. The molecule has 1 saturated heterocycles. The topological polar surface area (TPSA) is 125 Å². The first-order chi connectivity index (χ1) is 12.5. The van der Waals surface area contributed by atoms with E-state index in [2.05, 4.69) is 5.32 Å². The van der Waals surface area contributed by atoms with Crippen molar-refractivity contribution in [3.63, 3.8) is 0 Å².